The minimum absolute atomic E-state index is 0.111. The summed E-state index contributed by atoms with van der Waals surface area (Å²) in [6, 6.07) is -0.111. The third kappa shape index (κ3) is 3.67. The molecule has 104 valence electrons. The fourth-order valence-corrected chi connectivity index (χ4v) is 2.77. The molecule has 2 rings (SSSR count). The number of piperidine rings is 1. The minimum Gasteiger partial charge on any atom is -0.378 e. The molecule has 0 bridgehead atoms. The number of carbonyl (C=O) groups is 1. The first-order valence-corrected chi connectivity index (χ1v) is 6.91. The Balaban J connectivity index is 1.73. The Morgan fingerprint density at radius 1 is 1.39 bits per heavy atom. The summed E-state index contributed by atoms with van der Waals surface area (Å²) in [5.74, 6) is 0.716. The van der Waals surface area contributed by atoms with Crippen LogP contribution in [0.3, 0.4) is 0 Å². The topological polar surface area (TPSA) is 44.8 Å². The van der Waals surface area contributed by atoms with Crippen molar-refractivity contribution in [1.29, 1.82) is 0 Å². The molecule has 0 saturated carbocycles. The second kappa shape index (κ2) is 6.50. The number of hydrogen-bond donors (Lipinski definition) is 1. The van der Waals surface area contributed by atoms with Crippen molar-refractivity contribution < 1.29 is 9.53 Å². The largest absolute Gasteiger partial charge is 0.378 e. The Hall–Kier alpha value is -0.650. The average molecular weight is 255 g/mol. The van der Waals surface area contributed by atoms with Gasteiger partial charge in [-0.15, -0.1) is 0 Å². The Bertz CT molecular complexity index is 285. The molecule has 1 amide bonds. The van der Waals surface area contributed by atoms with Gasteiger partial charge in [0.2, 0.25) is 5.91 Å². The molecule has 5 nitrogen and oxygen atoms in total. The Morgan fingerprint density at radius 2 is 2.22 bits per heavy atom. The molecule has 5 heteroatoms. The highest BCUT2D eigenvalue weighted by atomic mass is 16.5. The molecule has 2 aliphatic heterocycles. The number of hydrogen-bond acceptors (Lipinski definition) is 4. The van der Waals surface area contributed by atoms with Gasteiger partial charge in [0.15, 0.2) is 0 Å². The van der Waals surface area contributed by atoms with E-state index in [4.69, 9.17) is 4.74 Å². The molecule has 0 aliphatic carbocycles. The summed E-state index contributed by atoms with van der Waals surface area (Å²) in [6.07, 6.45) is 2.46. The van der Waals surface area contributed by atoms with Gasteiger partial charge >= 0.3 is 0 Å². The molecule has 18 heavy (non-hydrogen) atoms. The molecule has 0 aromatic carbocycles. The second-order valence-electron chi connectivity index (χ2n) is 5.59. The predicted molar refractivity (Wildman–Crippen MR) is 70.5 cm³/mol. The van der Waals surface area contributed by atoms with Gasteiger partial charge in [0, 0.05) is 19.6 Å². The van der Waals surface area contributed by atoms with Crippen LogP contribution in [-0.2, 0) is 9.53 Å². The molecule has 0 unspecified atom stereocenters. The minimum atomic E-state index is -0.111. The molecule has 0 spiro atoms. The van der Waals surface area contributed by atoms with Crippen molar-refractivity contribution >= 4 is 5.91 Å². The maximum absolute atomic E-state index is 12.1. The fourth-order valence-electron chi connectivity index (χ4n) is 2.77. The molecule has 2 saturated heterocycles. The lowest BCUT2D eigenvalue weighted by molar-refractivity contribution is -0.131. The maximum atomic E-state index is 12.1. The summed E-state index contributed by atoms with van der Waals surface area (Å²) >= 11 is 0. The second-order valence-corrected chi connectivity index (χ2v) is 5.59. The molecule has 0 aromatic heterocycles. The highest BCUT2D eigenvalue weighted by molar-refractivity contribution is 5.81. The number of likely N-dealkylation sites (N-methyl/N-ethyl adjacent to an activating group) is 1. The number of carbonyl (C=O) groups excluding carboxylic acids is 1. The quantitative estimate of drug-likeness (QED) is 0.757. The highest BCUT2D eigenvalue weighted by Crippen LogP contribution is 2.14. The number of ether oxygens (including phenoxy) is 1. The van der Waals surface area contributed by atoms with Crippen LogP contribution >= 0.6 is 0 Å². The molecule has 2 heterocycles. The van der Waals surface area contributed by atoms with Gasteiger partial charge in [-0.1, -0.05) is 0 Å². The van der Waals surface area contributed by atoms with Crippen molar-refractivity contribution in [1.82, 2.24) is 15.1 Å². The van der Waals surface area contributed by atoms with E-state index in [0.29, 0.717) is 12.5 Å². The zero-order valence-electron chi connectivity index (χ0n) is 11.5. The Kier molecular flexibility index (Phi) is 4.97. The number of rotatable bonds is 3. The summed E-state index contributed by atoms with van der Waals surface area (Å²) in [7, 11) is 4.14. The summed E-state index contributed by atoms with van der Waals surface area (Å²) in [5, 5.41) is 3.09. The van der Waals surface area contributed by atoms with Crippen LogP contribution in [0, 0.1) is 5.92 Å². The molecule has 1 N–H and O–H groups in total. The number of nitrogens with one attached hydrogen (secondary N) is 1. The van der Waals surface area contributed by atoms with E-state index in [9.17, 15) is 4.79 Å². The van der Waals surface area contributed by atoms with E-state index in [-0.39, 0.29) is 11.9 Å². The van der Waals surface area contributed by atoms with Crippen LogP contribution in [0.1, 0.15) is 12.8 Å². The molecular formula is C13H25N3O2. The lowest BCUT2D eigenvalue weighted by Gasteiger charge is -2.33. The van der Waals surface area contributed by atoms with Crippen molar-refractivity contribution in [2.75, 3.05) is 53.5 Å². The zero-order valence-corrected chi connectivity index (χ0v) is 11.5. The van der Waals surface area contributed by atoms with Crippen LogP contribution < -0.4 is 5.32 Å². The van der Waals surface area contributed by atoms with Crippen LogP contribution in [0.5, 0.6) is 0 Å². The van der Waals surface area contributed by atoms with E-state index in [1.54, 1.807) is 0 Å². The van der Waals surface area contributed by atoms with Crippen LogP contribution in [0.4, 0.5) is 0 Å². The Morgan fingerprint density at radius 3 is 2.94 bits per heavy atom. The van der Waals surface area contributed by atoms with E-state index < -0.39 is 0 Å². The van der Waals surface area contributed by atoms with Crippen LogP contribution in [0.15, 0.2) is 0 Å². The number of nitrogens with zero attached hydrogens (tertiary/aromatic N) is 2. The smallest absolute Gasteiger partial charge is 0.239 e. The van der Waals surface area contributed by atoms with Gasteiger partial charge in [-0.2, -0.15) is 0 Å². The first kappa shape index (κ1) is 13.8. The maximum Gasteiger partial charge on any atom is 0.239 e. The third-order valence-electron chi connectivity index (χ3n) is 3.99. The van der Waals surface area contributed by atoms with E-state index in [2.05, 4.69) is 22.2 Å². The summed E-state index contributed by atoms with van der Waals surface area (Å²) in [6.45, 7) is 5.17. The normalized spacial score (nSPS) is 31.2. The molecular weight excluding hydrogens is 230 g/mol. The number of morpholine rings is 1. The molecule has 2 aliphatic rings. The van der Waals surface area contributed by atoms with Gasteiger partial charge in [-0.05, 0) is 39.4 Å². The summed E-state index contributed by atoms with van der Waals surface area (Å²) in [5.41, 5.74) is 0. The molecule has 0 radical (unpaired) electrons. The van der Waals surface area contributed by atoms with Gasteiger partial charge in [-0.25, -0.2) is 0 Å². The molecule has 0 aromatic rings. The van der Waals surface area contributed by atoms with Crippen molar-refractivity contribution in [3.8, 4) is 0 Å². The van der Waals surface area contributed by atoms with Crippen LogP contribution in [-0.4, -0.2) is 75.2 Å². The van der Waals surface area contributed by atoms with Crippen molar-refractivity contribution in [2.24, 2.45) is 5.92 Å². The van der Waals surface area contributed by atoms with Crippen LogP contribution in [0.2, 0.25) is 0 Å². The van der Waals surface area contributed by atoms with Gasteiger partial charge in [0.25, 0.3) is 0 Å². The SMILES string of the molecule is CN1CCC[C@@H](CNC(=O)[C@H]2COCCN2C)C1. The van der Waals surface area contributed by atoms with E-state index in [1.165, 1.54) is 19.4 Å². The van der Waals surface area contributed by atoms with Crippen molar-refractivity contribution in [3.63, 3.8) is 0 Å². The lowest BCUT2D eigenvalue weighted by atomic mass is 9.98. The fraction of sp³-hybridized carbons (Fsp3) is 0.923. The van der Waals surface area contributed by atoms with Crippen LogP contribution in [0.25, 0.3) is 0 Å². The van der Waals surface area contributed by atoms with Crippen molar-refractivity contribution in [2.45, 2.75) is 18.9 Å². The number of likely N-dealkylation sites (tertiary alicyclic amines) is 1. The van der Waals surface area contributed by atoms with E-state index in [0.717, 1.165) is 26.2 Å². The van der Waals surface area contributed by atoms with Gasteiger partial charge in [0.1, 0.15) is 6.04 Å². The molecule has 2 atom stereocenters. The first-order valence-electron chi connectivity index (χ1n) is 6.91. The standard InChI is InChI=1S/C13H25N3O2/c1-15-5-3-4-11(9-15)8-14-13(17)12-10-18-7-6-16(12)2/h11-12H,3-10H2,1-2H3,(H,14,17)/t11-,12+/m0/s1. The average Bonchev–Trinajstić information content (AvgIpc) is 2.37. The van der Waals surface area contributed by atoms with Gasteiger partial charge < -0.3 is 15.0 Å². The highest BCUT2D eigenvalue weighted by Gasteiger charge is 2.27. The summed E-state index contributed by atoms with van der Waals surface area (Å²) < 4.78 is 5.37. The number of amides is 1. The predicted octanol–water partition coefficient (Wildman–Crippen LogP) is -0.225. The van der Waals surface area contributed by atoms with Gasteiger partial charge in [-0.3, -0.25) is 9.69 Å². The summed E-state index contributed by atoms with van der Waals surface area (Å²) in [4.78, 5) is 16.5. The Labute approximate surface area is 109 Å². The monoisotopic (exact) mass is 255 g/mol. The zero-order chi connectivity index (χ0) is 13.0. The lowest BCUT2D eigenvalue weighted by Crippen LogP contribution is -2.53. The van der Waals surface area contributed by atoms with Gasteiger partial charge in [0.05, 0.1) is 13.2 Å². The van der Waals surface area contributed by atoms with Crippen molar-refractivity contribution in [3.05, 3.63) is 0 Å². The molecule has 2 fully saturated rings. The van der Waals surface area contributed by atoms with E-state index in [1.807, 2.05) is 7.05 Å². The third-order valence-corrected chi connectivity index (χ3v) is 3.99. The first-order chi connectivity index (χ1) is 8.66. The van der Waals surface area contributed by atoms with E-state index >= 15 is 0 Å².